The molecule has 0 N–H and O–H groups in total. The smallest absolute Gasteiger partial charge is 0.339 e. The quantitative estimate of drug-likeness (QED) is 0.372. The fourth-order valence-corrected chi connectivity index (χ4v) is 4.47. The number of fused-ring (bicyclic) bond motifs is 2. The topological polar surface area (TPSA) is 87.3 Å². The van der Waals surface area contributed by atoms with Crippen molar-refractivity contribution in [3.05, 3.63) is 82.7 Å². The Balaban J connectivity index is 1.59. The van der Waals surface area contributed by atoms with E-state index < -0.39 is 5.97 Å². The number of methoxy groups -OCH3 is 1. The number of carbonyl (C=O) groups is 1. The predicted octanol–water partition coefficient (Wildman–Crippen LogP) is 5.41. The van der Waals surface area contributed by atoms with E-state index in [4.69, 9.17) is 18.9 Å². The first-order valence-electron chi connectivity index (χ1n) is 11.2. The molecule has 0 aliphatic heterocycles. The van der Waals surface area contributed by atoms with Crippen molar-refractivity contribution in [2.24, 2.45) is 5.92 Å². The number of benzene rings is 2. The molecule has 4 aromatic rings. The highest BCUT2D eigenvalue weighted by molar-refractivity contribution is 6.06. The maximum Gasteiger partial charge on any atom is 0.339 e. The van der Waals surface area contributed by atoms with Gasteiger partial charge in [0.05, 0.1) is 23.9 Å². The van der Waals surface area contributed by atoms with Gasteiger partial charge in [0.15, 0.2) is 6.61 Å². The van der Waals surface area contributed by atoms with Crippen LogP contribution in [-0.2, 0) is 17.8 Å². The van der Waals surface area contributed by atoms with Crippen LogP contribution in [0.5, 0.6) is 5.75 Å². The number of nitrogens with zero attached hydrogens (tertiary/aromatic N) is 3. The zero-order valence-corrected chi connectivity index (χ0v) is 19.4. The Morgan fingerprint density at radius 3 is 2.65 bits per heavy atom. The number of pyridine rings is 1. The Kier molecular flexibility index (Phi) is 5.84. The van der Waals surface area contributed by atoms with Gasteiger partial charge in [-0.3, -0.25) is 0 Å². The minimum absolute atomic E-state index is 0.0742. The molecule has 34 heavy (non-hydrogen) atoms. The Labute approximate surface area is 197 Å². The average molecular weight is 456 g/mol. The van der Waals surface area contributed by atoms with Crippen molar-refractivity contribution < 1.29 is 18.7 Å². The largest absolute Gasteiger partial charge is 0.497 e. The van der Waals surface area contributed by atoms with Crippen LogP contribution in [0.3, 0.4) is 0 Å². The monoisotopic (exact) mass is 455 g/mol. The van der Waals surface area contributed by atoms with Crippen LogP contribution in [0.1, 0.15) is 52.3 Å². The highest BCUT2D eigenvalue weighted by Crippen LogP contribution is 2.39. The van der Waals surface area contributed by atoms with Gasteiger partial charge in [-0.2, -0.15) is 0 Å². The maximum absolute atomic E-state index is 13.4. The molecule has 0 saturated heterocycles. The van der Waals surface area contributed by atoms with Crippen LogP contribution in [0.4, 0.5) is 0 Å². The molecule has 7 nitrogen and oxygen atoms in total. The minimum Gasteiger partial charge on any atom is -0.497 e. The van der Waals surface area contributed by atoms with Gasteiger partial charge in [-0.05, 0) is 59.7 Å². The second-order valence-corrected chi connectivity index (χ2v) is 8.58. The van der Waals surface area contributed by atoms with Crippen molar-refractivity contribution in [2.45, 2.75) is 33.3 Å². The van der Waals surface area contributed by atoms with Crippen LogP contribution in [0.15, 0.2) is 52.9 Å². The van der Waals surface area contributed by atoms with Crippen LogP contribution in [-0.4, -0.2) is 28.3 Å². The number of carbonyl (C=O) groups excluding carboxylic acids is 1. The van der Waals surface area contributed by atoms with Gasteiger partial charge in [0.25, 0.3) is 5.89 Å². The zero-order valence-electron chi connectivity index (χ0n) is 19.4. The molecule has 7 heteroatoms. The number of aryl methyl sites for hydroxylation is 1. The van der Waals surface area contributed by atoms with E-state index in [1.807, 2.05) is 48.5 Å². The highest BCUT2D eigenvalue weighted by atomic mass is 16.5. The lowest BCUT2D eigenvalue weighted by molar-refractivity contribution is 0.0437. The van der Waals surface area contributed by atoms with Gasteiger partial charge < -0.3 is 13.9 Å². The molecule has 2 aromatic carbocycles. The lowest BCUT2D eigenvalue weighted by Crippen LogP contribution is -2.19. The van der Waals surface area contributed by atoms with Crippen LogP contribution in [0.25, 0.3) is 22.6 Å². The van der Waals surface area contributed by atoms with Crippen LogP contribution >= 0.6 is 0 Å². The van der Waals surface area contributed by atoms with E-state index in [9.17, 15) is 4.79 Å². The molecule has 172 valence electrons. The van der Waals surface area contributed by atoms with Gasteiger partial charge in [-0.15, -0.1) is 10.2 Å². The standard InChI is InChI=1S/C27H25N3O4/c1-16-12-19(14-18-8-10-20(32-3)11-9-18)26-22(13-16)25(21-6-4-5-7-23(21)28-26)27(31)33-15-24-30-29-17(2)34-24/h4-11,14,16H,12-13,15H2,1-3H3/b19-14+. The molecule has 0 spiro atoms. The summed E-state index contributed by atoms with van der Waals surface area (Å²) < 4.78 is 16.3. The van der Waals surface area contributed by atoms with Crippen molar-refractivity contribution in [1.82, 2.24) is 15.2 Å². The molecular weight excluding hydrogens is 430 g/mol. The lowest BCUT2D eigenvalue weighted by atomic mass is 9.80. The van der Waals surface area contributed by atoms with E-state index >= 15 is 0 Å². The number of esters is 1. The lowest BCUT2D eigenvalue weighted by Gasteiger charge is -2.26. The van der Waals surface area contributed by atoms with Crippen molar-refractivity contribution in [2.75, 3.05) is 7.11 Å². The molecule has 1 aliphatic rings. The normalized spacial score (nSPS) is 16.4. The molecule has 0 saturated carbocycles. The fourth-order valence-electron chi connectivity index (χ4n) is 4.47. The van der Waals surface area contributed by atoms with E-state index in [0.717, 1.165) is 51.9 Å². The summed E-state index contributed by atoms with van der Waals surface area (Å²) in [4.78, 5) is 18.4. The van der Waals surface area contributed by atoms with E-state index in [2.05, 4.69) is 23.2 Å². The number of para-hydroxylation sites is 1. The molecule has 1 atom stereocenters. The Hall–Kier alpha value is -4.00. The second kappa shape index (κ2) is 9.09. The fraction of sp³-hybridized carbons (Fsp3) is 0.259. The van der Waals surface area contributed by atoms with Gasteiger partial charge in [0, 0.05) is 12.3 Å². The molecule has 0 fully saturated rings. The summed E-state index contributed by atoms with van der Waals surface area (Å²) in [5.41, 5.74) is 5.26. The first-order valence-corrected chi connectivity index (χ1v) is 11.2. The van der Waals surface area contributed by atoms with Gasteiger partial charge in [0.2, 0.25) is 5.89 Å². The number of aromatic nitrogens is 3. The SMILES string of the molecule is COc1ccc(/C=C2\CC(C)Cc3c2nc2ccccc2c3C(=O)OCc2nnc(C)o2)cc1. The molecule has 1 unspecified atom stereocenters. The van der Waals surface area contributed by atoms with E-state index in [-0.39, 0.29) is 12.5 Å². The zero-order chi connectivity index (χ0) is 23.7. The molecule has 5 rings (SSSR count). The summed E-state index contributed by atoms with van der Waals surface area (Å²) in [6.07, 6.45) is 3.77. The van der Waals surface area contributed by atoms with Crippen molar-refractivity contribution in [3.8, 4) is 5.75 Å². The third kappa shape index (κ3) is 4.29. The summed E-state index contributed by atoms with van der Waals surface area (Å²) >= 11 is 0. The Morgan fingerprint density at radius 1 is 1.12 bits per heavy atom. The molecule has 2 heterocycles. The molecule has 1 aliphatic carbocycles. The van der Waals surface area contributed by atoms with Gasteiger partial charge in [-0.25, -0.2) is 9.78 Å². The first-order chi connectivity index (χ1) is 16.5. The molecule has 2 aromatic heterocycles. The summed E-state index contributed by atoms with van der Waals surface area (Å²) in [6, 6.07) is 15.6. The summed E-state index contributed by atoms with van der Waals surface area (Å²) in [7, 11) is 1.65. The van der Waals surface area contributed by atoms with Gasteiger partial charge in [-0.1, -0.05) is 37.3 Å². The summed E-state index contributed by atoms with van der Waals surface area (Å²) in [6.45, 7) is 3.81. The summed E-state index contributed by atoms with van der Waals surface area (Å²) in [5.74, 6) is 1.45. The average Bonchev–Trinajstić information content (AvgIpc) is 3.27. The van der Waals surface area contributed by atoms with E-state index in [1.54, 1.807) is 14.0 Å². The molecule has 0 amide bonds. The number of hydrogen-bond donors (Lipinski definition) is 0. The Bertz CT molecular complexity index is 1390. The van der Waals surface area contributed by atoms with Gasteiger partial charge >= 0.3 is 5.97 Å². The van der Waals surface area contributed by atoms with Crippen molar-refractivity contribution in [1.29, 1.82) is 0 Å². The number of allylic oxidation sites excluding steroid dienone is 1. The minimum atomic E-state index is -0.413. The molecule has 0 bridgehead atoms. The second-order valence-electron chi connectivity index (χ2n) is 8.58. The first kappa shape index (κ1) is 21.8. The molecule has 0 radical (unpaired) electrons. The molecular formula is C27H25N3O4. The number of rotatable bonds is 5. The third-order valence-electron chi connectivity index (χ3n) is 5.97. The van der Waals surface area contributed by atoms with E-state index in [0.29, 0.717) is 17.4 Å². The van der Waals surface area contributed by atoms with Crippen LogP contribution in [0, 0.1) is 12.8 Å². The maximum atomic E-state index is 13.4. The highest BCUT2D eigenvalue weighted by Gasteiger charge is 2.29. The third-order valence-corrected chi connectivity index (χ3v) is 5.97. The Morgan fingerprint density at radius 2 is 1.91 bits per heavy atom. The van der Waals surface area contributed by atoms with Crippen molar-refractivity contribution >= 4 is 28.5 Å². The van der Waals surface area contributed by atoms with Crippen LogP contribution in [0.2, 0.25) is 0 Å². The van der Waals surface area contributed by atoms with Crippen LogP contribution < -0.4 is 4.74 Å². The number of ether oxygens (including phenoxy) is 2. The summed E-state index contributed by atoms with van der Waals surface area (Å²) in [5, 5.41) is 8.50. The van der Waals surface area contributed by atoms with Gasteiger partial charge in [0.1, 0.15) is 5.75 Å². The predicted molar refractivity (Wildman–Crippen MR) is 128 cm³/mol. The number of hydrogen-bond acceptors (Lipinski definition) is 7. The van der Waals surface area contributed by atoms with Crippen molar-refractivity contribution in [3.63, 3.8) is 0 Å². The van der Waals surface area contributed by atoms with E-state index in [1.165, 1.54) is 0 Å².